The van der Waals surface area contributed by atoms with E-state index in [0.717, 1.165) is 18.4 Å². The standard InChI is InChI=1S/C10H12F3N3O2S/c1-19(17,18)16(6-9(14)15)8-4-2-3-7(5-8)10(11,12)13/h2-5H,6H2,1H3,(H3,14,15). The van der Waals surface area contributed by atoms with Crippen molar-refractivity contribution in [1.82, 2.24) is 0 Å². The number of amidine groups is 1. The lowest BCUT2D eigenvalue weighted by molar-refractivity contribution is -0.137. The van der Waals surface area contributed by atoms with E-state index in [9.17, 15) is 21.6 Å². The molecule has 0 amide bonds. The van der Waals surface area contributed by atoms with Gasteiger partial charge in [-0.3, -0.25) is 9.71 Å². The summed E-state index contributed by atoms with van der Waals surface area (Å²) in [4.78, 5) is 0. The second-order valence-corrected chi connectivity index (χ2v) is 5.75. The first-order valence-corrected chi connectivity index (χ1v) is 6.84. The molecule has 0 aliphatic heterocycles. The molecule has 0 unspecified atom stereocenters. The van der Waals surface area contributed by atoms with Crippen LogP contribution in [-0.2, 0) is 16.2 Å². The van der Waals surface area contributed by atoms with Crippen molar-refractivity contribution in [1.29, 1.82) is 5.41 Å². The van der Waals surface area contributed by atoms with Crippen LogP contribution in [0.15, 0.2) is 24.3 Å². The lowest BCUT2D eigenvalue weighted by Gasteiger charge is -2.22. The summed E-state index contributed by atoms with van der Waals surface area (Å²) < 4.78 is 61.4. The van der Waals surface area contributed by atoms with E-state index in [1.165, 1.54) is 6.07 Å². The highest BCUT2D eigenvalue weighted by Crippen LogP contribution is 2.32. The maximum absolute atomic E-state index is 12.6. The molecule has 0 saturated heterocycles. The van der Waals surface area contributed by atoms with Gasteiger partial charge in [0.25, 0.3) is 0 Å². The van der Waals surface area contributed by atoms with Crippen molar-refractivity contribution in [3.8, 4) is 0 Å². The molecule has 19 heavy (non-hydrogen) atoms. The molecular formula is C10H12F3N3O2S. The third-order valence-electron chi connectivity index (χ3n) is 2.18. The number of alkyl halides is 3. The van der Waals surface area contributed by atoms with Crippen molar-refractivity contribution in [2.24, 2.45) is 5.73 Å². The highest BCUT2D eigenvalue weighted by atomic mass is 32.2. The van der Waals surface area contributed by atoms with E-state index in [1.807, 2.05) is 0 Å². The molecule has 1 aromatic carbocycles. The fourth-order valence-electron chi connectivity index (χ4n) is 1.39. The van der Waals surface area contributed by atoms with Crippen molar-refractivity contribution in [3.63, 3.8) is 0 Å². The van der Waals surface area contributed by atoms with Gasteiger partial charge >= 0.3 is 6.18 Å². The molecule has 0 aliphatic rings. The van der Waals surface area contributed by atoms with Crippen LogP contribution in [0.25, 0.3) is 0 Å². The Bertz CT molecular complexity index is 584. The van der Waals surface area contributed by atoms with E-state index >= 15 is 0 Å². The van der Waals surface area contributed by atoms with Gasteiger partial charge in [-0.2, -0.15) is 13.2 Å². The number of halogens is 3. The van der Waals surface area contributed by atoms with Crippen LogP contribution in [0.2, 0.25) is 0 Å². The Morgan fingerprint density at radius 3 is 2.42 bits per heavy atom. The van der Waals surface area contributed by atoms with Gasteiger partial charge in [-0.25, -0.2) is 8.42 Å². The van der Waals surface area contributed by atoms with Gasteiger partial charge in [0.1, 0.15) is 5.84 Å². The van der Waals surface area contributed by atoms with E-state index in [0.29, 0.717) is 10.4 Å². The first-order chi connectivity index (χ1) is 8.51. The number of hydrogen-bond acceptors (Lipinski definition) is 3. The third-order valence-corrected chi connectivity index (χ3v) is 3.32. The summed E-state index contributed by atoms with van der Waals surface area (Å²) in [5.74, 6) is -0.470. The number of sulfonamides is 1. The van der Waals surface area contributed by atoms with E-state index in [2.05, 4.69) is 0 Å². The van der Waals surface area contributed by atoms with Crippen LogP contribution >= 0.6 is 0 Å². The van der Waals surface area contributed by atoms with Gasteiger partial charge in [-0.15, -0.1) is 0 Å². The van der Waals surface area contributed by atoms with E-state index in [4.69, 9.17) is 11.1 Å². The SMILES string of the molecule is CS(=O)(=O)N(CC(=N)N)c1cccc(C(F)(F)F)c1. The Kier molecular flexibility index (Phi) is 4.09. The predicted molar refractivity (Wildman–Crippen MR) is 65.5 cm³/mol. The molecular weight excluding hydrogens is 283 g/mol. The number of nitrogens with two attached hydrogens (primary N) is 1. The molecule has 0 fully saturated rings. The molecule has 0 aliphatic carbocycles. The number of benzene rings is 1. The van der Waals surface area contributed by atoms with Crippen LogP contribution in [0, 0.1) is 5.41 Å². The van der Waals surface area contributed by atoms with Gasteiger partial charge < -0.3 is 5.73 Å². The van der Waals surface area contributed by atoms with Crippen molar-refractivity contribution in [2.75, 3.05) is 17.1 Å². The molecule has 3 N–H and O–H groups in total. The zero-order valence-electron chi connectivity index (χ0n) is 9.90. The minimum atomic E-state index is -4.57. The summed E-state index contributed by atoms with van der Waals surface area (Å²) >= 11 is 0. The first kappa shape index (κ1) is 15.3. The van der Waals surface area contributed by atoms with E-state index < -0.39 is 34.1 Å². The average Bonchev–Trinajstić information content (AvgIpc) is 2.23. The molecule has 1 aromatic rings. The quantitative estimate of drug-likeness (QED) is 0.650. The molecule has 9 heteroatoms. The van der Waals surface area contributed by atoms with Crippen molar-refractivity contribution in [3.05, 3.63) is 29.8 Å². The first-order valence-electron chi connectivity index (χ1n) is 4.99. The summed E-state index contributed by atoms with van der Waals surface area (Å²) in [5, 5.41) is 7.08. The van der Waals surface area contributed by atoms with Crippen LogP contribution in [-0.4, -0.2) is 27.1 Å². The summed E-state index contributed by atoms with van der Waals surface area (Å²) in [5.41, 5.74) is 3.95. The number of nitrogens with zero attached hydrogens (tertiary/aromatic N) is 1. The van der Waals surface area contributed by atoms with Gasteiger partial charge in [0.15, 0.2) is 0 Å². The Balaban J connectivity index is 3.28. The van der Waals surface area contributed by atoms with Crippen molar-refractivity contribution >= 4 is 21.5 Å². The smallest absolute Gasteiger partial charge is 0.386 e. The minimum Gasteiger partial charge on any atom is -0.386 e. The van der Waals surface area contributed by atoms with Crippen molar-refractivity contribution in [2.45, 2.75) is 6.18 Å². The van der Waals surface area contributed by atoms with Crippen LogP contribution < -0.4 is 10.0 Å². The highest BCUT2D eigenvalue weighted by Gasteiger charge is 2.31. The molecule has 0 bridgehead atoms. The van der Waals surface area contributed by atoms with Crippen LogP contribution in [0.4, 0.5) is 18.9 Å². The second kappa shape index (κ2) is 5.08. The topological polar surface area (TPSA) is 87.2 Å². The van der Waals surface area contributed by atoms with Gasteiger partial charge in [-0.05, 0) is 18.2 Å². The monoisotopic (exact) mass is 295 g/mol. The molecule has 106 valence electrons. The van der Waals surface area contributed by atoms with E-state index in [1.54, 1.807) is 0 Å². The molecule has 0 atom stereocenters. The maximum atomic E-state index is 12.6. The van der Waals surface area contributed by atoms with E-state index in [-0.39, 0.29) is 5.69 Å². The zero-order valence-corrected chi connectivity index (χ0v) is 10.7. The molecule has 0 radical (unpaired) electrons. The zero-order chi connectivity index (χ0) is 14.8. The van der Waals surface area contributed by atoms with Gasteiger partial charge in [0.2, 0.25) is 10.0 Å². The Morgan fingerprint density at radius 1 is 1.42 bits per heavy atom. The maximum Gasteiger partial charge on any atom is 0.416 e. The number of nitrogens with one attached hydrogen (secondary N) is 1. The van der Waals surface area contributed by atoms with Crippen molar-refractivity contribution < 1.29 is 21.6 Å². The minimum absolute atomic E-state index is 0.187. The highest BCUT2D eigenvalue weighted by molar-refractivity contribution is 7.92. The Hall–Kier alpha value is -1.77. The van der Waals surface area contributed by atoms with Gasteiger partial charge in [0, 0.05) is 0 Å². The van der Waals surface area contributed by atoms with Crippen LogP contribution in [0.1, 0.15) is 5.56 Å². The Labute approximate surface area is 108 Å². The van der Waals surface area contributed by atoms with Crippen LogP contribution in [0.5, 0.6) is 0 Å². The Morgan fingerprint density at radius 2 is 2.00 bits per heavy atom. The van der Waals surface area contributed by atoms with Gasteiger partial charge in [0.05, 0.1) is 24.1 Å². The van der Waals surface area contributed by atoms with Crippen LogP contribution in [0.3, 0.4) is 0 Å². The molecule has 0 spiro atoms. The third kappa shape index (κ3) is 4.12. The summed E-state index contributed by atoms with van der Waals surface area (Å²) in [7, 11) is -3.83. The summed E-state index contributed by atoms with van der Waals surface area (Å²) in [6.45, 7) is -0.500. The number of anilines is 1. The number of hydrogen-bond donors (Lipinski definition) is 2. The molecule has 1 rings (SSSR count). The summed E-state index contributed by atoms with van der Waals surface area (Å²) in [6.07, 6.45) is -3.74. The molecule has 0 heterocycles. The summed E-state index contributed by atoms with van der Waals surface area (Å²) in [6, 6.07) is 3.83. The second-order valence-electron chi connectivity index (χ2n) is 3.84. The lowest BCUT2D eigenvalue weighted by atomic mass is 10.2. The molecule has 0 saturated carbocycles. The normalized spacial score (nSPS) is 12.2. The number of rotatable bonds is 4. The molecule has 0 aromatic heterocycles. The fourth-order valence-corrected chi connectivity index (χ4v) is 2.26. The molecule has 5 nitrogen and oxygen atoms in total. The fraction of sp³-hybridized carbons (Fsp3) is 0.300. The van der Waals surface area contributed by atoms with Gasteiger partial charge in [-0.1, -0.05) is 6.07 Å². The predicted octanol–water partition coefficient (Wildman–Crippen LogP) is 1.41. The largest absolute Gasteiger partial charge is 0.416 e. The lowest BCUT2D eigenvalue weighted by Crippen LogP contribution is -2.37. The average molecular weight is 295 g/mol.